The second kappa shape index (κ2) is 3.65. The minimum Gasteiger partial charge on any atom is -0.325 e. The summed E-state index contributed by atoms with van der Waals surface area (Å²) in [6, 6.07) is 2.15. The normalized spacial score (nSPS) is 17.8. The van der Waals surface area contributed by atoms with Gasteiger partial charge in [0.15, 0.2) is 0 Å². The molecule has 1 fully saturated rings. The van der Waals surface area contributed by atoms with Gasteiger partial charge in [0.05, 0.1) is 12.1 Å². The van der Waals surface area contributed by atoms with Crippen LogP contribution in [0.2, 0.25) is 0 Å². The van der Waals surface area contributed by atoms with E-state index in [1.54, 1.807) is 0 Å². The van der Waals surface area contributed by atoms with Crippen molar-refractivity contribution >= 4 is 21.6 Å². The fraction of sp³-hybridized carbons (Fsp3) is 0.400. The van der Waals surface area contributed by atoms with E-state index < -0.39 is 0 Å². The maximum absolute atomic E-state index is 11.7. The first-order valence-electron chi connectivity index (χ1n) is 5.17. The first kappa shape index (κ1) is 9.95. The summed E-state index contributed by atoms with van der Waals surface area (Å²) in [5.74, 6) is 0.725. The molecule has 6 heteroatoms. The van der Waals surface area contributed by atoms with Crippen LogP contribution in [0.3, 0.4) is 0 Å². The van der Waals surface area contributed by atoms with Crippen molar-refractivity contribution in [1.29, 1.82) is 0 Å². The quantitative estimate of drug-likeness (QED) is 0.777. The number of rotatable bonds is 2. The van der Waals surface area contributed by atoms with Gasteiger partial charge in [-0.2, -0.15) is 0 Å². The van der Waals surface area contributed by atoms with Crippen LogP contribution in [0, 0.1) is 0 Å². The number of hydrogen-bond acceptors (Lipinski definition) is 5. The van der Waals surface area contributed by atoms with Gasteiger partial charge in [-0.3, -0.25) is 9.69 Å². The molecule has 0 unspecified atom stereocenters. The van der Waals surface area contributed by atoms with Crippen molar-refractivity contribution < 1.29 is 0 Å². The Balaban J connectivity index is 1.89. The predicted molar refractivity (Wildman–Crippen MR) is 63.5 cm³/mol. The van der Waals surface area contributed by atoms with Crippen molar-refractivity contribution in [3.63, 3.8) is 0 Å². The van der Waals surface area contributed by atoms with Crippen molar-refractivity contribution in [3.05, 3.63) is 27.6 Å². The average Bonchev–Trinajstić information content (AvgIpc) is 2.63. The topological polar surface area (TPSA) is 75.0 Å². The van der Waals surface area contributed by atoms with Crippen LogP contribution in [0.4, 0.5) is 0 Å². The number of nitrogens with one attached hydrogen (secondary N) is 1. The smallest absolute Gasteiger partial charge is 0.268 e. The minimum absolute atomic E-state index is 0.0418. The highest BCUT2D eigenvalue weighted by Gasteiger charge is 2.23. The first-order valence-corrected chi connectivity index (χ1v) is 6.04. The molecule has 0 bridgehead atoms. The van der Waals surface area contributed by atoms with Gasteiger partial charge in [0.2, 0.25) is 0 Å². The Morgan fingerprint density at radius 3 is 3.19 bits per heavy atom. The van der Waals surface area contributed by atoms with Crippen LogP contribution in [-0.4, -0.2) is 34.0 Å². The second-order valence-corrected chi connectivity index (χ2v) is 5.02. The van der Waals surface area contributed by atoms with E-state index in [9.17, 15) is 4.79 Å². The molecular weight excluding hydrogens is 224 g/mol. The molecule has 3 rings (SSSR count). The SMILES string of the molecule is NC1CN(Cc2nc3ccsc3c(=O)[nH]2)C1. The van der Waals surface area contributed by atoms with E-state index in [1.807, 2.05) is 11.4 Å². The van der Waals surface area contributed by atoms with E-state index in [0.717, 1.165) is 24.4 Å². The van der Waals surface area contributed by atoms with Gasteiger partial charge in [-0.15, -0.1) is 11.3 Å². The molecule has 0 aromatic carbocycles. The summed E-state index contributed by atoms with van der Waals surface area (Å²) in [6.07, 6.45) is 0. The third kappa shape index (κ3) is 1.64. The molecule has 16 heavy (non-hydrogen) atoms. The molecule has 0 atom stereocenters. The zero-order valence-corrected chi connectivity index (χ0v) is 9.46. The Kier molecular flexibility index (Phi) is 2.27. The van der Waals surface area contributed by atoms with Crippen molar-refractivity contribution in [1.82, 2.24) is 14.9 Å². The van der Waals surface area contributed by atoms with Crippen molar-refractivity contribution in [2.45, 2.75) is 12.6 Å². The minimum atomic E-state index is -0.0418. The van der Waals surface area contributed by atoms with Gasteiger partial charge in [-0.1, -0.05) is 0 Å². The molecule has 0 saturated carbocycles. The monoisotopic (exact) mass is 236 g/mol. The highest BCUT2D eigenvalue weighted by molar-refractivity contribution is 7.17. The molecule has 1 aliphatic rings. The van der Waals surface area contributed by atoms with E-state index in [2.05, 4.69) is 14.9 Å². The lowest BCUT2D eigenvalue weighted by atomic mass is 10.1. The number of H-pyrrole nitrogens is 1. The summed E-state index contributed by atoms with van der Waals surface area (Å²) in [4.78, 5) is 21.1. The summed E-state index contributed by atoms with van der Waals surface area (Å²) in [5, 5.41) is 1.89. The summed E-state index contributed by atoms with van der Waals surface area (Å²) < 4.78 is 0.698. The van der Waals surface area contributed by atoms with E-state index in [4.69, 9.17) is 5.73 Å². The molecule has 0 spiro atoms. The lowest BCUT2D eigenvalue weighted by Gasteiger charge is -2.36. The van der Waals surface area contributed by atoms with E-state index in [1.165, 1.54) is 11.3 Å². The average molecular weight is 236 g/mol. The highest BCUT2D eigenvalue weighted by Crippen LogP contribution is 2.15. The lowest BCUT2D eigenvalue weighted by Crippen LogP contribution is -2.55. The maximum Gasteiger partial charge on any atom is 0.268 e. The number of aromatic nitrogens is 2. The molecule has 0 radical (unpaired) electrons. The number of thiophene rings is 1. The third-order valence-electron chi connectivity index (χ3n) is 2.72. The molecule has 0 amide bonds. The van der Waals surface area contributed by atoms with Crippen LogP contribution < -0.4 is 11.3 Å². The van der Waals surface area contributed by atoms with Gasteiger partial charge >= 0.3 is 0 Å². The molecule has 3 N–H and O–H groups in total. The molecule has 3 heterocycles. The van der Waals surface area contributed by atoms with Crippen LogP contribution in [0.15, 0.2) is 16.2 Å². The number of nitrogens with two attached hydrogens (primary N) is 1. The Morgan fingerprint density at radius 2 is 2.44 bits per heavy atom. The van der Waals surface area contributed by atoms with Crippen LogP contribution in [0.25, 0.3) is 10.2 Å². The summed E-state index contributed by atoms with van der Waals surface area (Å²) >= 11 is 1.42. The fourth-order valence-electron chi connectivity index (χ4n) is 1.95. The van der Waals surface area contributed by atoms with E-state index in [0.29, 0.717) is 11.2 Å². The Bertz CT molecular complexity index is 569. The molecule has 2 aromatic rings. The Morgan fingerprint density at radius 1 is 1.62 bits per heavy atom. The van der Waals surface area contributed by atoms with Gasteiger partial charge in [-0.25, -0.2) is 4.98 Å². The Hall–Kier alpha value is -1.24. The summed E-state index contributed by atoms with van der Waals surface area (Å²) in [7, 11) is 0. The third-order valence-corrected chi connectivity index (χ3v) is 3.63. The molecule has 84 valence electrons. The van der Waals surface area contributed by atoms with Crippen LogP contribution in [0.5, 0.6) is 0 Å². The molecule has 0 aliphatic carbocycles. The van der Waals surface area contributed by atoms with Crippen molar-refractivity contribution in [3.8, 4) is 0 Å². The van der Waals surface area contributed by atoms with Crippen LogP contribution >= 0.6 is 11.3 Å². The fourth-order valence-corrected chi connectivity index (χ4v) is 2.67. The molecule has 1 saturated heterocycles. The van der Waals surface area contributed by atoms with Crippen LogP contribution in [0.1, 0.15) is 5.82 Å². The molecule has 2 aromatic heterocycles. The maximum atomic E-state index is 11.7. The molecule has 1 aliphatic heterocycles. The van der Waals surface area contributed by atoms with Gasteiger partial charge < -0.3 is 10.7 Å². The number of likely N-dealkylation sites (tertiary alicyclic amines) is 1. The lowest BCUT2D eigenvalue weighted by molar-refractivity contribution is 0.138. The van der Waals surface area contributed by atoms with Gasteiger partial charge in [0.25, 0.3) is 5.56 Å². The van der Waals surface area contributed by atoms with E-state index >= 15 is 0 Å². The standard InChI is InChI=1S/C10H12N4OS/c11-6-3-14(4-6)5-8-12-7-1-2-16-9(7)10(15)13-8/h1-2,6H,3-5,11H2,(H,12,13,15). The number of fused-ring (bicyclic) bond motifs is 1. The largest absolute Gasteiger partial charge is 0.325 e. The molecular formula is C10H12N4OS. The number of nitrogens with zero attached hydrogens (tertiary/aromatic N) is 2. The van der Waals surface area contributed by atoms with E-state index in [-0.39, 0.29) is 11.6 Å². The highest BCUT2D eigenvalue weighted by atomic mass is 32.1. The van der Waals surface area contributed by atoms with Crippen molar-refractivity contribution in [2.24, 2.45) is 5.73 Å². The zero-order chi connectivity index (χ0) is 11.1. The van der Waals surface area contributed by atoms with Gasteiger partial charge in [-0.05, 0) is 11.4 Å². The summed E-state index contributed by atoms with van der Waals surface area (Å²) in [5.41, 5.74) is 6.44. The second-order valence-electron chi connectivity index (χ2n) is 4.10. The van der Waals surface area contributed by atoms with Gasteiger partial charge in [0, 0.05) is 19.1 Å². The Labute approximate surface area is 95.9 Å². The summed E-state index contributed by atoms with van der Waals surface area (Å²) in [6.45, 7) is 2.44. The van der Waals surface area contributed by atoms with Gasteiger partial charge in [0.1, 0.15) is 10.5 Å². The molecule has 5 nitrogen and oxygen atoms in total. The zero-order valence-electron chi connectivity index (χ0n) is 8.64. The first-order chi connectivity index (χ1) is 7.72. The number of aromatic amines is 1. The van der Waals surface area contributed by atoms with Crippen LogP contribution in [-0.2, 0) is 6.54 Å². The van der Waals surface area contributed by atoms with Crippen molar-refractivity contribution in [2.75, 3.05) is 13.1 Å². The predicted octanol–water partition coefficient (Wildman–Crippen LogP) is 0.127. The number of hydrogen-bond donors (Lipinski definition) is 2.